The number of hydrogen-bond acceptors (Lipinski definition) is 3. The first-order valence-electron chi connectivity index (χ1n) is 7.92. The number of hydrogen-bond donors (Lipinski definition) is 0. The molecule has 0 N–H and O–H groups in total. The molecule has 0 spiro atoms. The summed E-state index contributed by atoms with van der Waals surface area (Å²) >= 11 is 1.45. The molecule has 0 amide bonds. The quantitative estimate of drug-likeness (QED) is 0.782. The summed E-state index contributed by atoms with van der Waals surface area (Å²) in [7, 11) is -3.23. The molecule has 0 bridgehead atoms. The number of thioether (sulfide) groups is 1. The summed E-state index contributed by atoms with van der Waals surface area (Å²) in [5.41, 5.74) is 1.08. The smallest absolute Gasteiger partial charge is 0.211 e. The lowest BCUT2D eigenvalue weighted by Gasteiger charge is -2.46. The molecule has 1 heterocycles. The van der Waals surface area contributed by atoms with Crippen LogP contribution in [0.5, 0.6) is 0 Å². The van der Waals surface area contributed by atoms with Crippen LogP contribution in [0.3, 0.4) is 0 Å². The van der Waals surface area contributed by atoms with Gasteiger partial charge < -0.3 is 0 Å². The zero-order valence-electron chi connectivity index (χ0n) is 13.1. The van der Waals surface area contributed by atoms with Gasteiger partial charge in [0.25, 0.3) is 0 Å². The van der Waals surface area contributed by atoms with E-state index in [1.54, 1.807) is 4.31 Å². The molecule has 0 aromatic heterocycles. The van der Waals surface area contributed by atoms with E-state index in [1.165, 1.54) is 11.8 Å². The highest BCUT2D eigenvalue weighted by Crippen LogP contribution is 2.49. The van der Waals surface area contributed by atoms with Gasteiger partial charge >= 0.3 is 0 Å². The van der Waals surface area contributed by atoms with Crippen molar-refractivity contribution >= 4 is 21.8 Å². The minimum Gasteiger partial charge on any atom is -0.211 e. The average Bonchev–Trinajstić information content (AvgIpc) is 2.58. The van der Waals surface area contributed by atoms with Crippen molar-refractivity contribution in [3.8, 4) is 0 Å². The molecule has 1 saturated heterocycles. The second-order valence-electron chi connectivity index (χ2n) is 5.66. The fraction of sp³-hybridized carbons (Fsp3) is 0.333. The molecule has 0 saturated carbocycles. The van der Waals surface area contributed by atoms with Crippen LogP contribution in [0.15, 0.2) is 65.6 Å². The van der Waals surface area contributed by atoms with E-state index in [0.717, 1.165) is 23.3 Å². The number of benzene rings is 2. The summed E-state index contributed by atoms with van der Waals surface area (Å²) in [6, 6.07) is 19.7. The molecule has 3 nitrogen and oxygen atoms in total. The molecule has 5 heteroatoms. The van der Waals surface area contributed by atoms with Crippen LogP contribution in [-0.4, -0.2) is 23.8 Å². The molecule has 2 aromatic carbocycles. The third-order valence-corrected chi connectivity index (χ3v) is 8.02. The van der Waals surface area contributed by atoms with E-state index in [4.69, 9.17) is 0 Å². The second kappa shape index (κ2) is 7.07. The third kappa shape index (κ3) is 3.32. The maximum atomic E-state index is 12.7. The van der Waals surface area contributed by atoms with Gasteiger partial charge in [-0.3, -0.25) is 0 Å². The lowest BCUT2D eigenvalue weighted by Crippen LogP contribution is -2.56. The van der Waals surface area contributed by atoms with Crippen molar-refractivity contribution in [2.24, 2.45) is 0 Å². The van der Waals surface area contributed by atoms with Crippen molar-refractivity contribution in [2.75, 3.05) is 6.54 Å². The first-order chi connectivity index (χ1) is 11.1. The number of nitrogens with zero attached hydrogens (tertiary/aromatic N) is 1. The summed E-state index contributed by atoms with van der Waals surface area (Å²) in [6.07, 6.45) is 1.88. The molecule has 23 heavy (non-hydrogen) atoms. The van der Waals surface area contributed by atoms with E-state index < -0.39 is 14.6 Å². The molecule has 0 radical (unpaired) electrons. The normalized spacial score (nSPS) is 23.3. The summed E-state index contributed by atoms with van der Waals surface area (Å²) in [4.78, 5) is 0.997. The number of rotatable bonds is 6. The Bertz CT molecular complexity index is 732. The van der Waals surface area contributed by atoms with Gasteiger partial charge in [0.1, 0.15) is 4.58 Å². The lowest BCUT2D eigenvalue weighted by atomic mass is 10.1. The Kier molecular flexibility index (Phi) is 5.09. The number of sulfonamides is 1. The fourth-order valence-corrected chi connectivity index (χ4v) is 6.73. The third-order valence-electron chi connectivity index (χ3n) is 4.06. The van der Waals surface area contributed by atoms with E-state index in [9.17, 15) is 8.42 Å². The Balaban J connectivity index is 1.89. The first-order valence-corrected chi connectivity index (χ1v) is 10.3. The Morgan fingerprint density at radius 1 is 1.00 bits per heavy atom. The predicted molar refractivity (Wildman–Crippen MR) is 95.8 cm³/mol. The lowest BCUT2D eigenvalue weighted by molar-refractivity contribution is 0.279. The van der Waals surface area contributed by atoms with Gasteiger partial charge in [-0.25, -0.2) is 8.42 Å². The van der Waals surface area contributed by atoms with Crippen LogP contribution >= 0.6 is 11.8 Å². The SMILES string of the molecule is CCCCN1[C@H](c2ccccc2)[C@H](Sc2ccccc2)S1(=O)=O. The maximum Gasteiger partial charge on any atom is 0.229 e. The minimum absolute atomic E-state index is 0.0713. The van der Waals surface area contributed by atoms with E-state index >= 15 is 0 Å². The van der Waals surface area contributed by atoms with Crippen LogP contribution in [0.25, 0.3) is 0 Å². The fourth-order valence-electron chi connectivity index (χ4n) is 2.84. The van der Waals surface area contributed by atoms with Crippen LogP contribution in [0.4, 0.5) is 0 Å². The Morgan fingerprint density at radius 2 is 1.61 bits per heavy atom. The maximum absolute atomic E-state index is 12.7. The van der Waals surface area contributed by atoms with Crippen LogP contribution in [0, 0.1) is 0 Å². The zero-order valence-corrected chi connectivity index (χ0v) is 14.8. The van der Waals surface area contributed by atoms with Gasteiger partial charge in [0, 0.05) is 11.4 Å². The molecule has 0 aliphatic carbocycles. The van der Waals surface area contributed by atoms with Crippen molar-refractivity contribution < 1.29 is 8.42 Å². The second-order valence-corrected chi connectivity index (χ2v) is 9.18. The minimum atomic E-state index is -3.23. The molecule has 2 atom stereocenters. The van der Waals surface area contributed by atoms with E-state index in [2.05, 4.69) is 6.92 Å². The van der Waals surface area contributed by atoms with Gasteiger partial charge in [0.2, 0.25) is 10.0 Å². The van der Waals surface area contributed by atoms with Gasteiger partial charge in [-0.15, -0.1) is 11.8 Å². The molecule has 122 valence electrons. The van der Waals surface area contributed by atoms with Crippen molar-refractivity contribution in [1.82, 2.24) is 4.31 Å². The predicted octanol–water partition coefficient (Wildman–Crippen LogP) is 4.29. The van der Waals surface area contributed by atoms with Gasteiger partial charge in [0.05, 0.1) is 6.04 Å². The van der Waals surface area contributed by atoms with Gasteiger partial charge in [-0.2, -0.15) is 4.31 Å². The molecule has 1 aliphatic rings. The monoisotopic (exact) mass is 347 g/mol. The van der Waals surface area contributed by atoms with Gasteiger partial charge in [-0.05, 0) is 24.1 Å². The number of unbranched alkanes of at least 4 members (excludes halogenated alkanes) is 1. The molecular formula is C18H21NO2S2. The molecule has 3 rings (SSSR count). The highest BCUT2D eigenvalue weighted by molar-refractivity contribution is 8.13. The summed E-state index contributed by atoms with van der Waals surface area (Å²) in [5.74, 6) is 0. The van der Waals surface area contributed by atoms with Crippen LogP contribution in [0.2, 0.25) is 0 Å². The Morgan fingerprint density at radius 3 is 2.22 bits per heavy atom. The largest absolute Gasteiger partial charge is 0.229 e. The van der Waals surface area contributed by atoms with Crippen molar-refractivity contribution in [3.05, 3.63) is 66.2 Å². The first kappa shape index (κ1) is 16.6. The topological polar surface area (TPSA) is 37.4 Å². The highest BCUT2D eigenvalue weighted by atomic mass is 32.3. The zero-order chi connectivity index (χ0) is 16.3. The standard InChI is InChI=1S/C18H21NO2S2/c1-2-3-14-19-17(15-10-6-4-7-11-15)18(23(19,20)21)22-16-12-8-5-9-13-16/h4-13,17-18H,2-3,14H2,1H3/t17-,18-/m1/s1. The average molecular weight is 348 g/mol. The van der Waals surface area contributed by atoms with Crippen LogP contribution in [-0.2, 0) is 10.0 Å². The molecule has 1 fully saturated rings. The highest BCUT2D eigenvalue weighted by Gasteiger charge is 2.54. The van der Waals surface area contributed by atoms with Gasteiger partial charge in [-0.1, -0.05) is 61.9 Å². The molecular weight excluding hydrogens is 326 g/mol. The molecule has 0 unspecified atom stereocenters. The molecule has 2 aromatic rings. The van der Waals surface area contributed by atoms with E-state index in [1.807, 2.05) is 60.7 Å². The summed E-state index contributed by atoms with van der Waals surface area (Å²) in [6.45, 7) is 2.68. The Hall–Kier alpha value is -1.30. The van der Waals surface area contributed by atoms with Crippen molar-refractivity contribution in [1.29, 1.82) is 0 Å². The Labute approximate surface area is 142 Å². The van der Waals surface area contributed by atoms with Gasteiger partial charge in [0.15, 0.2) is 0 Å². The summed E-state index contributed by atoms with van der Waals surface area (Å²) < 4.78 is 26.7. The van der Waals surface area contributed by atoms with Crippen molar-refractivity contribution in [2.45, 2.75) is 35.3 Å². The van der Waals surface area contributed by atoms with Crippen molar-refractivity contribution in [3.63, 3.8) is 0 Å². The van der Waals surface area contributed by atoms with Crippen LogP contribution < -0.4 is 0 Å². The van der Waals surface area contributed by atoms with Crippen LogP contribution in [0.1, 0.15) is 31.4 Å². The van der Waals surface area contributed by atoms with E-state index in [0.29, 0.717) is 6.54 Å². The summed E-state index contributed by atoms with van der Waals surface area (Å²) in [5, 5.41) is 0. The van der Waals surface area contributed by atoms with E-state index in [-0.39, 0.29) is 6.04 Å². The molecule has 1 aliphatic heterocycles.